The van der Waals surface area contributed by atoms with Crippen molar-refractivity contribution < 1.29 is 23.8 Å². The van der Waals surface area contributed by atoms with Crippen molar-refractivity contribution in [3.05, 3.63) is 52.1 Å². The van der Waals surface area contributed by atoms with Crippen LogP contribution in [0.25, 0.3) is 0 Å². The molecule has 0 aliphatic carbocycles. The van der Waals surface area contributed by atoms with E-state index in [1.165, 1.54) is 24.9 Å². The quantitative estimate of drug-likeness (QED) is 0.538. The number of methoxy groups -OCH3 is 2. The minimum atomic E-state index is -0.526. The van der Waals surface area contributed by atoms with Gasteiger partial charge in [-0.2, -0.15) is 0 Å². The number of carbonyl (C=O) groups is 1. The molecule has 1 aromatic carbocycles. The van der Waals surface area contributed by atoms with Crippen LogP contribution in [0.5, 0.6) is 11.5 Å². The van der Waals surface area contributed by atoms with Crippen LogP contribution in [0.2, 0.25) is 0 Å². The molecule has 7 heteroatoms. The summed E-state index contributed by atoms with van der Waals surface area (Å²) in [6.07, 6.45) is 0.0216. The smallest absolute Gasteiger partial charge is 0.306 e. The average molecular weight is 392 g/mol. The molecule has 0 radical (unpaired) electrons. The van der Waals surface area contributed by atoms with Crippen LogP contribution in [0.3, 0.4) is 0 Å². The maximum atomic E-state index is 12.2. The molecule has 0 spiro atoms. The first-order valence-electron chi connectivity index (χ1n) is 8.55. The molecule has 146 valence electrons. The second kappa shape index (κ2) is 9.50. The van der Waals surface area contributed by atoms with E-state index in [0.717, 1.165) is 10.6 Å². The fourth-order valence-corrected chi connectivity index (χ4v) is 3.57. The number of hydrogen-bond acceptors (Lipinski definition) is 7. The Labute approximate surface area is 162 Å². The lowest BCUT2D eigenvalue weighted by molar-refractivity contribution is -0.141. The summed E-state index contributed by atoms with van der Waals surface area (Å²) >= 11 is 1.46. The monoisotopic (exact) mass is 392 g/mol. The van der Waals surface area contributed by atoms with Crippen molar-refractivity contribution in [2.75, 3.05) is 14.2 Å². The van der Waals surface area contributed by atoms with Gasteiger partial charge in [-0.1, -0.05) is 26.0 Å². The Balaban J connectivity index is 2.31. The van der Waals surface area contributed by atoms with Crippen LogP contribution in [-0.2, 0) is 15.3 Å². The topological polar surface area (TPSA) is 86.0 Å². The number of rotatable bonds is 8. The van der Waals surface area contributed by atoms with Gasteiger partial charge in [-0.15, -0.1) is 11.8 Å². The SMILES string of the molecule is COC(=O)C[C@@H](c1oc(CSc2ccccc2OC)cc(=O)c1O)C(C)C. The zero-order chi connectivity index (χ0) is 20.0. The summed E-state index contributed by atoms with van der Waals surface area (Å²) < 4.78 is 15.9. The summed E-state index contributed by atoms with van der Waals surface area (Å²) in [5.41, 5.74) is -0.526. The molecule has 27 heavy (non-hydrogen) atoms. The second-order valence-electron chi connectivity index (χ2n) is 6.36. The third-order valence-electron chi connectivity index (χ3n) is 4.19. The van der Waals surface area contributed by atoms with E-state index in [2.05, 4.69) is 0 Å². The van der Waals surface area contributed by atoms with Crippen LogP contribution < -0.4 is 10.2 Å². The molecule has 0 bridgehead atoms. The number of hydrogen-bond donors (Lipinski definition) is 1. The van der Waals surface area contributed by atoms with Gasteiger partial charge in [-0.3, -0.25) is 9.59 Å². The average Bonchev–Trinajstić information content (AvgIpc) is 2.66. The Bertz CT molecular complexity index is 843. The highest BCUT2D eigenvalue weighted by Gasteiger charge is 2.27. The Hall–Kier alpha value is -2.41. The van der Waals surface area contributed by atoms with Gasteiger partial charge in [0.2, 0.25) is 11.2 Å². The van der Waals surface area contributed by atoms with Crippen molar-refractivity contribution in [2.45, 2.75) is 36.8 Å². The van der Waals surface area contributed by atoms with Crippen molar-refractivity contribution in [3.8, 4) is 11.5 Å². The molecule has 0 aliphatic heterocycles. The van der Waals surface area contributed by atoms with Gasteiger partial charge in [0.25, 0.3) is 0 Å². The van der Waals surface area contributed by atoms with E-state index in [4.69, 9.17) is 13.9 Å². The molecule has 0 saturated heterocycles. The van der Waals surface area contributed by atoms with Gasteiger partial charge in [0.15, 0.2) is 5.76 Å². The van der Waals surface area contributed by atoms with Gasteiger partial charge in [0.1, 0.15) is 11.5 Å². The summed E-state index contributed by atoms with van der Waals surface area (Å²) in [7, 11) is 2.90. The first-order chi connectivity index (χ1) is 12.9. The van der Waals surface area contributed by atoms with Crippen molar-refractivity contribution in [3.63, 3.8) is 0 Å². The summed E-state index contributed by atoms with van der Waals surface area (Å²) in [5, 5.41) is 10.2. The lowest BCUT2D eigenvalue weighted by atomic mass is 9.89. The summed E-state index contributed by atoms with van der Waals surface area (Å²) in [6, 6.07) is 8.82. The molecule has 0 aliphatic rings. The van der Waals surface area contributed by atoms with Crippen molar-refractivity contribution in [2.24, 2.45) is 5.92 Å². The molecular formula is C20H24O6S. The molecule has 1 heterocycles. The lowest BCUT2D eigenvalue weighted by Gasteiger charge is -2.20. The van der Waals surface area contributed by atoms with E-state index in [1.54, 1.807) is 7.11 Å². The lowest BCUT2D eigenvalue weighted by Crippen LogP contribution is -2.16. The predicted molar refractivity (Wildman–Crippen MR) is 103 cm³/mol. The zero-order valence-corrected chi connectivity index (χ0v) is 16.7. The van der Waals surface area contributed by atoms with Gasteiger partial charge < -0.3 is 19.0 Å². The van der Waals surface area contributed by atoms with Gasteiger partial charge in [0, 0.05) is 16.9 Å². The van der Waals surface area contributed by atoms with Crippen LogP contribution in [-0.4, -0.2) is 25.3 Å². The van der Waals surface area contributed by atoms with Crippen LogP contribution in [0.4, 0.5) is 0 Å². The number of ether oxygens (including phenoxy) is 2. The van der Waals surface area contributed by atoms with Gasteiger partial charge in [-0.05, 0) is 18.1 Å². The largest absolute Gasteiger partial charge is 0.502 e. The molecule has 1 N–H and O–H groups in total. The normalized spacial score (nSPS) is 12.0. The van der Waals surface area contributed by atoms with E-state index in [9.17, 15) is 14.7 Å². The Kier molecular flexibility index (Phi) is 7.36. The molecule has 0 fully saturated rings. The summed E-state index contributed by atoms with van der Waals surface area (Å²) in [6.45, 7) is 3.78. The minimum absolute atomic E-state index is 0.0216. The van der Waals surface area contributed by atoms with Crippen LogP contribution >= 0.6 is 11.8 Å². The molecule has 2 rings (SSSR count). The predicted octanol–water partition coefficient (Wildman–Crippen LogP) is 3.95. The Morgan fingerprint density at radius 1 is 1.26 bits per heavy atom. The molecule has 1 atom stereocenters. The second-order valence-corrected chi connectivity index (χ2v) is 7.38. The molecule has 0 saturated carbocycles. The fourth-order valence-electron chi connectivity index (χ4n) is 2.66. The van der Waals surface area contributed by atoms with Crippen molar-refractivity contribution >= 4 is 17.7 Å². The summed E-state index contributed by atoms with van der Waals surface area (Å²) in [4.78, 5) is 24.8. The van der Waals surface area contributed by atoms with E-state index in [-0.39, 0.29) is 18.1 Å². The van der Waals surface area contributed by atoms with Crippen LogP contribution in [0, 0.1) is 5.92 Å². The summed E-state index contributed by atoms with van der Waals surface area (Å²) in [5.74, 6) is 0.281. The van der Waals surface area contributed by atoms with Crippen LogP contribution in [0.15, 0.2) is 44.4 Å². The number of para-hydroxylation sites is 1. The third-order valence-corrected chi connectivity index (χ3v) is 5.27. The highest BCUT2D eigenvalue weighted by atomic mass is 32.2. The van der Waals surface area contributed by atoms with Crippen molar-refractivity contribution in [1.29, 1.82) is 0 Å². The number of aromatic hydroxyl groups is 1. The van der Waals surface area contributed by atoms with Crippen molar-refractivity contribution in [1.82, 2.24) is 0 Å². The number of benzene rings is 1. The van der Waals surface area contributed by atoms with Gasteiger partial charge >= 0.3 is 5.97 Å². The molecule has 2 aromatic rings. The molecular weight excluding hydrogens is 368 g/mol. The molecule has 1 aromatic heterocycles. The third kappa shape index (κ3) is 5.29. The highest BCUT2D eigenvalue weighted by molar-refractivity contribution is 7.98. The molecule has 6 nitrogen and oxygen atoms in total. The number of thioether (sulfide) groups is 1. The van der Waals surface area contributed by atoms with E-state index in [0.29, 0.717) is 11.5 Å². The fraction of sp³-hybridized carbons (Fsp3) is 0.400. The highest BCUT2D eigenvalue weighted by Crippen LogP contribution is 2.35. The standard InChI is InChI=1S/C20H24O6S/c1-12(2)14(10-18(22)25-4)20-19(23)15(21)9-13(26-20)11-27-17-8-6-5-7-16(17)24-3/h5-9,12,14,23H,10-11H2,1-4H3/t14-/m1/s1. The van der Waals surface area contributed by atoms with Gasteiger partial charge in [-0.25, -0.2) is 0 Å². The molecule has 0 unspecified atom stereocenters. The van der Waals surface area contributed by atoms with E-state index in [1.807, 2.05) is 38.1 Å². The first kappa shape index (κ1) is 20.9. The Morgan fingerprint density at radius 3 is 2.59 bits per heavy atom. The number of esters is 1. The Morgan fingerprint density at radius 2 is 1.96 bits per heavy atom. The molecule has 0 amide bonds. The maximum Gasteiger partial charge on any atom is 0.306 e. The van der Waals surface area contributed by atoms with Gasteiger partial charge in [0.05, 0.1) is 26.4 Å². The van der Waals surface area contributed by atoms with E-state index >= 15 is 0 Å². The number of carbonyl (C=O) groups excluding carboxylic acids is 1. The zero-order valence-electron chi connectivity index (χ0n) is 15.9. The first-order valence-corrected chi connectivity index (χ1v) is 9.54. The maximum absolute atomic E-state index is 12.2. The minimum Gasteiger partial charge on any atom is -0.502 e. The van der Waals surface area contributed by atoms with E-state index < -0.39 is 23.1 Å². The van der Waals surface area contributed by atoms with Crippen LogP contribution in [0.1, 0.15) is 37.7 Å².